The molecule has 0 spiro atoms. The lowest BCUT2D eigenvalue weighted by molar-refractivity contribution is 0.126. The van der Waals surface area contributed by atoms with E-state index in [1.165, 1.54) is 11.1 Å². The zero-order valence-corrected chi connectivity index (χ0v) is 19.9. The van der Waals surface area contributed by atoms with Crippen LogP contribution in [0.4, 0.5) is 10.5 Å². The maximum atomic E-state index is 13.0. The summed E-state index contributed by atoms with van der Waals surface area (Å²) in [6.07, 6.45) is 0. The maximum Gasteiger partial charge on any atom is 0.321 e. The molecular weight excluding hydrogens is 430 g/mol. The van der Waals surface area contributed by atoms with Crippen molar-refractivity contribution in [2.45, 2.75) is 6.04 Å². The first-order valence-corrected chi connectivity index (χ1v) is 11.3. The molecule has 0 aromatic heterocycles. The highest BCUT2D eigenvalue weighted by Gasteiger charge is 2.28. The maximum absolute atomic E-state index is 13.0. The van der Waals surface area contributed by atoms with Gasteiger partial charge in [0.1, 0.15) is 0 Å². The standard InChI is InChI=1S/C27H31N3O4/c1-32-23-18-22(19-24(33-2)26(23)34-3)28-27(31)30-16-14-29(15-17-30)25(20-10-6-4-7-11-20)21-12-8-5-9-13-21/h4-13,18-19,25H,14-17H2,1-3H3,(H,28,31). The van der Waals surface area contributed by atoms with Crippen molar-refractivity contribution in [3.63, 3.8) is 0 Å². The van der Waals surface area contributed by atoms with Gasteiger partial charge in [-0.05, 0) is 11.1 Å². The number of urea groups is 1. The number of methoxy groups -OCH3 is 3. The fraction of sp³-hybridized carbons (Fsp3) is 0.296. The van der Waals surface area contributed by atoms with Crippen LogP contribution < -0.4 is 19.5 Å². The number of carbonyl (C=O) groups excluding carboxylic acids is 1. The van der Waals surface area contributed by atoms with E-state index < -0.39 is 0 Å². The third-order valence-corrected chi connectivity index (χ3v) is 6.11. The molecule has 1 aliphatic heterocycles. The second-order valence-corrected chi connectivity index (χ2v) is 8.09. The molecule has 3 aromatic carbocycles. The van der Waals surface area contributed by atoms with Gasteiger partial charge in [-0.25, -0.2) is 4.79 Å². The summed E-state index contributed by atoms with van der Waals surface area (Å²) in [6, 6.07) is 24.5. The average Bonchev–Trinajstić information content (AvgIpc) is 2.89. The Morgan fingerprint density at radius 2 is 1.26 bits per heavy atom. The van der Waals surface area contributed by atoms with Gasteiger partial charge in [0.15, 0.2) is 11.5 Å². The van der Waals surface area contributed by atoms with Crippen LogP contribution in [0.25, 0.3) is 0 Å². The summed E-state index contributed by atoms with van der Waals surface area (Å²) in [5, 5.41) is 2.97. The fourth-order valence-electron chi connectivity index (χ4n) is 4.42. The second kappa shape index (κ2) is 10.9. The highest BCUT2D eigenvalue weighted by atomic mass is 16.5. The molecule has 1 saturated heterocycles. The van der Waals surface area contributed by atoms with Gasteiger partial charge in [0.05, 0.1) is 33.1 Å². The number of anilines is 1. The van der Waals surface area contributed by atoms with Crippen molar-refractivity contribution >= 4 is 11.7 Å². The van der Waals surface area contributed by atoms with Crippen molar-refractivity contribution in [3.05, 3.63) is 83.9 Å². The molecule has 2 amide bonds. The molecule has 1 fully saturated rings. The number of nitrogens with one attached hydrogen (secondary N) is 1. The van der Waals surface area contributed by atoms with Gasteiger partial charge in [0, 0.05) is 38.3 Å². The minimum absolute atomic E-state index is 0.148. The van der Waals surface area contributed by atoms with Gasteiger partial charge in [0.25, 0.3) is 0 Å². The quantitative estimate of drug-likeness (QED) is 0.555. The second-order valence-electron chi connectivity index (χ2n) is 8.09. The molecule has 178 valence electrons. The third kappa shape index (κ3) is 5.10. The van der Waals surface area contributed by atoms with Gasteiger partial charge in [-0.2, -0.15) is 0 Å². The van der Waals surface area contributed by atoms with E-state index >= 15 is 0 Å². The van der Waals surface area contributed by atoms with Gasteiger partial charge in [-0.3, -0.25) is 4.90 Å². The summed E-state index contributed by atoms with van der Waals surface area (Å²) in [5.74, 6) is 1.48. The molecule has 1 aliphatic rings. The van der Waals surface area contributed by atoms with Crippen LogP contribution >= 0.6 is 0 Å². The van der Waals surface area contributed by atoms with Crippen molar-refractivity contribution < 1.29 is 19.0 Å². The Hall–Kier alpha value is -3.71. The van der Waals surface area contributed by atoms with Crippen LogP contribution in [0.15, 0.2) is 72.8 Å². The fourth-order valence-corrected chi connectivity index (χ4v) is 4.42. The third-order valence-electron chi connectivity index (χ3n) is 6.11. The number of piperazine rings is 1. The molecule has 0 unspecified atom stereocenters. The number of hydrogen-bond acceptors (Lipinski definition) is 5. The lowest BCUT2D eigenvalue weighted by Gasteiger charge is -2.39. The molecule has 7 heteroatoms. The topological polar surface area (TPSA) is 63.3 Å². The van der Waals surface area contributed by atoms with Crippen molar-refractivity contribution in [1.29, 1.82) is 0 Å². The molecule has 0 radical (unpaired) electrons. The van der Waals surface area contributed by atoms with E-state index in [4.69, 9.17) is 14.2 Å². The molecule has 34 heavy (non-hydrogen) atoms. The minimum Gasteiger partial charge on any atom is -0.493 e. The SMILES string of the molecule is COc1cc(NC(=O)N2CCN(C(c3ccccc3)c3ccccc3)CC2)cc(OC)c1OC. The first kappa shape index (κ1) is 23.4. The largest absolute Gasteiger partial charge is 0.493 e. The van der Waals surface area contributed by atoms with Crippen molar-refractivity contribution in [3.8, 4) is 17.2 Å². The van der Waals surface area contributed by atoms with Gasteiger partial charge in [0.2, 0.25) is 5.75 Å². The Morgan fingerprint density at radius 1 is 0.765 bits per heavy atom. The zero-order chi connectivity index (χ0) is 23.9. The predicted octanol–water partition coefficient (Wildman–Crippen LogP) is 4.65. The van der Waals surface area contributed by atoms with E-state index in [-0.39, 0.29) is 12.1 Å². The van der Waals surface area contributed by atoms with Crippen LogP contribution in [0.3, 0.4) is 0 Å². The number of carbonyl (C=O) groups is 1. The molecule has 0 atom stereocenters. The summed E-state index contributed by atoms with van der Waals surface area (Å²) in [4.78, 5) is 17.3. The first-order chi connectivity index (χ1) is 16.6. The molecule has 1 N–H and O–H groups in total. The number of benzene rings is 3. The Labute approximate surface area is 200 Å². The Balaban J connectivity index is 1.45. The molecule has 0 bridgehead atoms. The first-order valence-electron chi connectivity index (χ1n) is 11.3. The minimum atomic E-state index is -0.148. The number of ether oxygens (including phenoxy) is 3. The Morgan fingerprint density at radius 3 is 1.71 bits per heavy atom. The highest BCUT2D eigenvalue weighted by Crippen LogP contribution is 2.40. The molecule has 1 heterocycles. The van der Waals surface area contributed by atoms with Gasteiger partial charge in [-0.15, -0.1) is 0 Å². The van der Waals surface area contributed by atoms with Crippen molar-refractivity contribution in [2.24, 2.45) is 0 Å². The highest BCUT2D eigenvalue weighted by molar-refractivity contribution is 5.90. The predicted molar refractivity (Wildman–Crippen MR) is 133 cm³/mol. The molecule has 3 aromatic rings. The lowest BCUT2D eigenvalue weighted by Crippen LogP contribution is -2.51. The van der Waals surface area contributed by atoms with Gasteiger partial charge < -0.3 is 24.4 Å². The zero-order valence-electron chi connectivity index (χ0n) is 19.9. The summed E-state index contributed by atoms with van der Waals surface area (Å²) in [6.45, 7) is 2.81. The summed E-state index contributed by atoms with van der Waals surface area (Å²) in [5.41, 5.74) is 3.10. The van der Waals surface area contributed by atoms with E-state index in [1.54, 1.807) is 33.5 Å². The van der Waals surface area contributed by atoms with Crippen LogP contribution in [0.2, 0.25) is 0 Å². The smallest absolute Gasteiger partial charge is 0.321 e. The average molecular weight is 462 g/mol. The van der Waals surface area contributed by atoms with Gasteiger partial charge in [-0.1, -0.05) is 60.7 Å². The number of nitrogens with zero attached hydrogens (tertiary/aromatic N) is 2. The molecule has 0 saturated carbocycles. The van der Waals surface area contributed by atoms with E-state index in [1.807, 2.05) is 17.0 Å². The van der Waals surface area contributed by atoms with Crippen LogP contribution in [0.5, 0.6) is 17.2 Å². The number of hydrogen-bond donors (Lipinski definition) is 1. The summed E-state index contributed by atoms with van der Waals surface area (Å²) >= 11 is 0. The van der Waals surface area contributed by atoms with E-state index in [0.717, 1.165) is 13.1 Å². The number of rotatable bonds is 7. The van der Waals surface area contributed by atoms with Crippen LogP contribution in [0, 0.1) is 0 Å². The van der Waals surface area contributed by atoms with Crippen LogP contribution in [0.1, 0.15) is 17.2 Å². The molecule has 4 rings (SSSR count). The lowest BCUT2D eigenvalue weighted by atomic mass is 9.96. The Bertz CT molecular complexity index is 1020. The van der Waals surface area contributed by atoms with E-state index in [0.29, 0.717) is 36.0 Å². The Kier molecular flexibility index (Phi) is 7.54. The molecular formula is C27H31N3O4. The number of amides is 2. The van der Waals surface area contributed by atoms with Gasteiger partial charge >= 0.3 is 6.03 Å². The van der Waals surface area contributed by atoms with E-state index in [2.05, 4.69) is 58.7 Å². The normalized spacial score (nSPS) is 14.1. The monoisotopic (exact) mass is 461 g/mol. The van der Waals surface area contributed by atoms with E-state index in [9.17, 15) is 4.79 Å². The summed E-state index contributed by atoms with van der Waals surface area (Å²) in [7, 11) is 4.66. The molecule has 0 aliphatic carbocycles. The van der Waals surface area contributed by atoms with Crippen molar-refractivity contribution in [2.75, 3.05) is 52.8 Å². The van der Waals surface area contributed by atoms with Crippen LogP contribution in [-0.2, 0) is 0 Å². The molecule has 7 nitrogen and oxygen atoms in total. The van der Waals surface area contributed by atoms with Crippen LogP contribution in [-0.4, -0.2) is 63.3 Å². The van der Waals surface area contributed by atoms with Crippen molar-refractivity contribution in [1.82, 2.24) is 9.80 Å². The summed E-state index contributed by atoms with van der Waals surface area (Å²) < 4.78 is 16.2.